The van der Waals surface area contributed by atoms with Crippen LogP contribution in [0.1, 0.15) is 41.3 Å². The number of aromatic hydroxyl groups is 1. The van der Waals surface area contributed by atoms with E-state index in [0.717, 1.165) is 17.7 Å². The quantitative estimate of drug-likeness (QED) is 0.891. The van der Waals surface area contributed by atoms with Gasteiger partial charge >= 0.3 is 0 Å². The van der Waals surface area contributed by atoms with Crippen LogP contribution in [0.2, 0.25) is 0 Å². The molecule has 0 bridgehead atoms. The van der Waals surface area contributed by atoms with E-state index in [9.17, 15) is 23.8 Å². The number of aliphatic hydroxyl groups is 1. The third-order valence-corrected chi connectivity index (χ3v) is 4.60. The second-order valence-corrected chi connectivity index (χ2v) is 6.21. The van der Waals surface area contributed by atoms with Crippen LogP contribution in [0.5, 0.6) is 5.75 Å². The first-order valence-electron chi connectivity index (χ1n) is 8.20. The molecule has 1 fully saturated rings. The summed E-state index contributed by atoms with van der Waals surface area (Å²) in [5, 5.41) is 19.8. The molecule has 1 aliphatic rings. The summed E-state index contributed by atoms with van der Waals surface area (Å²) in [6, 6.07) is 10.5. The Bertz CT molecular complexity index is 767. The van der Waals surface area contributed by atoms with Gasteiger partial charge in [-0.15, -0.1) is 0 Å². The minimum absolute atomic E-state index is 0.289. The number of hydrogen-bond acceptors (Lipinski definition) is 3. The predicted octanol–water partition coefficient (Wildman–Crippen LogP) is 3.40. The lowest BCUT2D eigenvalue weighted by Crippen LogP contribution is -2.37. The van der Waals surface area contributed by atoms with Crippen LogP contribution in [0.3, 0.4) is 0 Å². The molecule has 2 aromatic rings. The summed E-state index contributed by atoms with van der Waals surface area (Å²) in [5.74, 6) is -3.81. The molecule has 4 nitrogen and oxygen atoms in total. The second-order valence-electron chi connectivity index (χ2n) is 6.21. The number of nitrogens with zero attached hydrogens (tertiary/aromatic N) is 1. The van der Waals surface area contributed by atoms with Crippen LogP contribution in [0.15, 0.2) is 42.5 Å². The lowest BCUT2D eigenvalue weighted by molar-refractivity contribution is 0.0657. The maximum atomic E-state index is 14.0. The van der Waals surface area contributed by atoms with E-state index in [0.29, 0.717) is 19.4 Å². The van der Waals surface area contributed by atoms with Crippen LogP contribution in [-0.4, -0.2) is 33.6 Å². The number of hydrogen-bond donors (Lipinski definition) is 2. The van der Waals surface area contributed by atoms with E-state index in [-0.39, 0.29) is 12.5 Å². The SMILES string of the molecule is O=C(c1c(F)ccc(O)c1F)N1CCC[C@@H]1C[C@H](O)c1ccccc1. The summed E-state index contributed by atoms with van der Waals surface area (Å²) in [7, 11) is 0. The highest BCUT2D eigenvalue weighted by Gasteiger charge is 2.34. The Kier molecular flexibility index (Phi) is 4.99. The van der Waals surface area contributed by atoms with E-state index in [1.165, 1.54) is 4.90 Å². The van der Waals surface area contributed by atoms with Gasteiger partial charge in [0, 0.05) is 12.6 Å². The maximum absolute atomic E-state index is 14.0. The zero-order valence-corrected chi connectivity index (χ0v) is 13.5. The van der Waals surface area contributed by atoms with Crippen LogP contribution < -0.4 is 0 Å². The summed E-state index contributed by atoms with van der Waals surface area (Å²) in [6.07, 6.45) is 0.869. The van der Waals surface area contributed by atoms with Crippen molar-refractivity contribution in [2.24, 2.45) is 0 Å². The number of carbonyl (C=O) groups excluding carboxylic acids is 1. The molecule has 1 aliphatic heterocycles. The highest BCUT2D eigenvalue weighted by Crippen LogP contribution is 2.31. The molecule has 6 heteroatoms. The molecule has 1 saturated heterocycles. The first-order chi connectivity index (χ1) is 12.0. The van der Waals surface area contributed by atoms with E-state index in [4.69, 9.17) is 0 Å². The number of phenolic OH excluding ortho intramolecular Hbond substituents is 1. The first kappa shape index (κ1) is 17.4. The molecule has 3 rings (SSSR count). The Balaban J connectivity index is 1.80. The fraction of sp³-hybridized carbons (Fsp3) is 0.316. The highest BCUT2D eigenvalue weighted by atomic mass is 19.1. The molecule has 2 aromatic carbocycles. The number of carbonyl (C=O) groups is 1. The fourth-order valence-electron chi connectivity index (χ4n) is 3.30. The molecule has 132 valence electrons. The average Bonchev–Trinajstić information content (AvgIpc) is 3.07. The van der Waals surface area contributed by atoms with E-state index in [1.54, 1.807) is 12.1 Å². The normalized spacial score (nSPS) is 18.4. The monoisotopic (exact) mass is 347 g/mol. The number of halogens is 2. The second kappa shape index (κ2) is 7.19. The lowest BCUT2D eigenvalue weighted by atomic mass is 10.00. The molecule has 1 amide bonds. The van der Waals surface area contributed by atoms with Gasteiger partial charge in [-0.1, -0.05) is 30.3 Å². The Morgan fingerprint density at radius 1 is 1.20 bits per heavy atom. The van der Waals surface area contributed by atoms with Gasteiger partial charge in [-0.2, -0.15) is 0 Å². The van der Waals surface area contributed by atoms with Crippen molar-refractivity contribution < 1.29 is 23.8 Å². The van der Waals surface area contributed by atoms with Gasteiger partial charge in [-0.3, -0.25) is 4.79 Å². The van der Waals surface area contributed by atoms with Gasteiger partial charge in [0.2, 0.25) is 0 Å². The number of phenols is 1. The number of amides is 1. The molecule has 2 atom stereocenters. The smallest absolute Gasteiger partial charge is 0.260 e. The van der Waals surface area contributed by atoms with Crippen molar-refractivity contribution in [1.29, 1.82) is 0 Å². The average molecular weight is 347 g/mol. The molecule has 25 heavy (non-hydrogen) atoms. The van der Waals surface area contributed by atoms with Gasteiger partial charge < -0.3 is 15.1 Å². The van der Waals surface area contributed by atoms with E-state index in [2.05, 4.69) is 0 Å². The van der Waals surface area contributed by atoms with Crippen molar-refractivity contribution in [2.75, 3.05) is 6.54 Å². The van der Waals surface area contributed by atoms with Crippen LogP contribution in [-0.2, 0) is 0 Å². The van der Waals surface area contributed by atoms with Crippen LogP contribution in [0.4, 0.5) is 8.78 Å². The molecule has 0 unspecified atom stereocenters. The Hall–Kier alpha value is -2.47. The third-order valence-electron chi connectivity index (χ3n) is 4.60. The first-order valence-corrected chi connectivity index (χ1v) is 8.20. The van der Waals surface area contributed by atoms with Gasteiger partial charge in [-0.25, -0.2) is 8.78 Å². The minimum Gasteiger partial charge on any atom is -0.505 e. The van der Waals surface area contributed by atoms with Crippen molar-refractivity contribution in [3.05, 3.63) is 65.2 Å². The number of benzene rings is 2. The molecule has 1 heterocycles. The number of aliphatic hydroxyl groups excluding tert-OH is 1. The topological polar surface area (TPSA) is 60.8 Å². The minimum atomic E-state index is -1.25. The van der Waals surface area contributed by atoms with Gasteiger partial charge in [0.25, 0.3) is 5.91 Å². The third kappa shape index (κ3) is 3.49. The molecule has 0 spiro atoms. The van der Waals surface area contributed by atoms with E-state index in [1.807, 2.05) is 18.2 Å². The number of likely N-dealkylation sites (tertiary alicyclic amines) is 1. The highest BCUT2D eigenvalue weighted by molar-refractivity contribution is 5.95. The zero-order valence-electron chi connectivity index (χ0n) is 13.5. The van der Waals surface area contributed by atoms with Crippen molar-refractivity contribution in [1.82, 2.24) is 4.90 Å². The largest absolute Gasteiger partial charge is 0.505 e. The van der Waals surface area contributed by atoms with E-state index < -0.39 is 35.0 Å². The van der Waals surface area contributed by atoms with Crippen LogP contribution in [0.25, 0.3) is 0 Å². The van der Waals surface area contributed by atoms with Gasteiger partial charge in [0.1, 0.15) is 11.4 Å². The van der Waals surface area contributed by atoms with Crippen molar-refractivity contribution in [3.63, 3.8) is 0 Å². The van der Waals surface area contributed by atoms with Crippen molar-refractivity contribution >= 4 is 5.91 Å². The van der Waals surface area contributed by atoms with Gasteiger partial charge in [-0.05, 0) is 37.0 Å². The maximum Gasteiger partial charge on any atom is 0.260 e. The summed E-state index contributed by atoms with van der Waals surface area (Å²) in [5.41, 5.74) is -0.0161. The molecule has 0 aromatic heterocycles. The summed E-state index contributed by atoms with van der Waals surface area (Å²) >= 11 is 0. The lowest BCUT2D eigenvalue weighted by Gasteiger charge is -2.27. The number of rotatable bonds is 4. The fourth-order valence-corrected chi connectivity index (χ4v) is 3.30. The molecule has 0 saturated carbocycles. The van der Waals surface area contributed by atoms with Crippen molar-refractivity contribution in [2.45, 2.75) is 31.4 Å². The van der Waals surface area contributed by atoms with E-state index >= 15 is 0 Å². The Morgan fingerprint density at radius 3 is 2.64 bits per heavy atom. The summed E-state index contributed by atoms with van der Waals surface area (Å²) in [6.45, 7) is 0.361. The zero-order chi connectivity index (χ0) is 18.0. The Morgan fingerprint density at radius 2 is 1.92 bits per heavy atom. The Labute approximate surface area is 144 Å². The van der Waals surface area contributed by atoms with Crippen LogP contribution >= 0.6 is 0 Å². The molecule has 0 aliphatic carbocycles. The molecular weight excluding hydrogens is 328 g/mol. The van der Waals surface area contributed by atoms with Gasteiger partial charge in [0.15, 0.2) is 11.6 Å². The molecular formula is C19H19F2NO3. The van der Waals surface area contributed by atoms with Gasteiger partial charge in [0.05, 0.1) is 6.10 Å². The standard InChI is InChI=1S/C19H19F2NO3/c20-14-8-9-15(23)18(21)17(14)19(25)22-10-4-7-13(22)11-16(24)12-5-2-1-3-6-12/h1-3,5-6,8-9,13,16,23-24H,4,7,10-11H2/t13-,16+/m1/s1. The summed E-state index contributed by atoms with van der Waals surface area (Å²) < 4.78 is 28.0. The molecule has 2 N–H and O–H groups in total. The van der Waals surface area contributed by atoms with Crippen LogP contribution in [0, 0.1) is 11.6 Å². The van der Waals surface area contributed by atoms with Crippen molar-refractivity contribution in [3.8, 4) is 5.75 Å². The predicted molar refractivity (Wildman–Crippen MR) is 88.1 cm³/mol. The molecule has 0 radical (unpaired) electrons. The summed E-state index contributed by atoms with van der Waals surface area (Å²) in [4.78, 5) is 14.0.